The van der Waals surface area contributed by atoms with Crippen molar-refractivity contribution in [2.45, 2.75) is 11.6 Å². The van der Waals surface area contributed by atoms with E-state index in [1.54, 1.807) is 0 Å². The van der Waals surface area contributed by atoms with Gasteiger partial charge in [0.1, 0.15) is 0 Å². The summed E-state index contributed by atoms with van der Waals surface area (Å²) in [6, 6.07) is 0. The first-order valence-corrected chi connectivity index (χ1v) is 3.60. The summed E-state index contributed by atoms with van der Waals surface area (Å²) in [5, 5.41) is 7.81. The Hall–Kier alpha value is -0.510. The molecule has 3 nitrogen and oxygen atoms in total. The molecule has 49 valence electrons. The van der Waals surface area contributed by atoms with Gasteiger partial charge >= 0.3 is 0 Å². The lowest BCUT2D eigenvalue weighted by Crippen LogP contribution is -1.74. The van der Waals surface area contributed by atoms with E-state index in [-0.39, 0.29) is 0 Å². The molecule has 0 aromatic carbocycles. The second kappa shape index (κ2) is 3.50. The van der Waals surface area contributed by atoms with Gasteiger partial charge in [0.15, 0.2) is 0 Å². The lowest BCUT2D eigenvalue weighted by molar-refractivity contribution is 0.453. The van der Waals surface area contributed by atoms with Gasteiger partial charge in [0, 0.05) is 5.75 Å². The van der Waals surface area contributed by atoms with E-state index in [2.05, 4.69) is 17.1 Å². The number of hydrogen-bond acceptors (Lipinski definition) is 4. The van der Waals surface area contributed by atoms with Crippen LogP contribution in [0.1, 0.15) is 6.42 Å². The van der Waals surface area contributed by atoms with E-state index in [0.717, 1.165) is 12.2 Å². The molecule has 4 heteroatoms. The van der Waals surface area contributed by atoms with Crippen LogP contribution in [-0.4, -0.2) is 16.0 Å². The van der Waals surface area contributed by atoms with E-state index >= 15 is 0 Å². The molecule has 0 aliphatic rings. The molecule has 1 heterocycles. The fourth-order valence-corrected chi connectivity index (χ4v) is 0.920. The minimum Gasteiger partial charge on any atom is -0.419 e. The van der Waals surface area contributed by atoms with E-state index < -0.39 is 0 Å². The highest BCUT2D eigenvalue weighted by atomic mass is 32.2. The molecule has 1 aromatic heterocycles. The van der Waals surface area contributed by atoms with Gasteiger partial charge in [0.05, 0.1) is 0 Å². The summed E-state index contributed by atoms with van der Waals surface area (Å²) in [6.07, 6.45) is 2.21. The molecule has 1 radical (unpaired) electrons. The molecule has 0 saturated carbocycles. The lowest BCUT2D eigenvalue weighted by atomic mass is 10.6. The Morgan fingerprint density at radius 3 is 3.22 bits per heavy atom. The zero-order valence-corrected chi connectivity index (χ0v) is 5.73. The Labute approximate surface area is 57.9 Å². The number of hydrogen-bond donors (Lipinski definition) is 0. The van der Waals surface area contributed by atoms with Crippen LogP contribution in [0.3, 0.4) is 0 Å². The largest absolute Gasteiger partial charge is 0.419 e. The van der Waals surface area contributed by atoms with Crippen LogP contribution >= 0.6 is 11.8 Å². The van der Waals surface area contributed by atoms with Crippen LogP contribution in [-0.2, 0) is 0 Å². The molecule has 0 saturated heterocycles. The summed E-state index contributed by atoms with van der Waals surface area (Å²) in [7, 11) is 0. The van der Waals surface area contributed by atoms with Gasteiger partial charge in [-0.3, -0.25) is 0 Å². The SMILES string of the molecule is [CH2]CCSc1nnco1. The minimum atomic E-state index is 0.624. The van der Waals surface area contributed by atoms with Gasteiger partial charge in [-0.2, -0.15) is 0 Å². The summed E-state index contributed by atoms with van der Waals surface area (Å²) in [5.41, 5.74) is 0. The minimum absolute atomic E-state index is 0.624. The molecule has 0 bridgehead atoms. The molecule has 0 fully saturated rings. The maximum atomic E-state index is 4.85. The lowest BCUT2D eigenvalue weighted by Gasteiger charge is -1.86. The molecule has 1 aromatic rings. The maximum Gasteiger partial charge on any atom is 0.276 e. The van der Waals surface area contributed by atoms with Gasteiger partial charge in [0.2, 0.25) is 6.39 Å². The predicted octanol–water partition coefficient (Wildman–Crippen LogP) is 1.39. The average Bonchev–Trinajstić information content (AvgIpc) is 2.34. The van der Waals surface area contributed by atoms with Crippen LogP contribution < -0.4 is 0 Å². The average molecular weight is 143 g/mol. The molecule has 1 rings (SSSR count). The molecule has 0 unspecified atom stereocenters. The summed E-state index contributed by atoms with van der Waals surface area (Å²) in [4.78, 5) is 0. The van der Waals surface area contributed by atoms with Crippen molar-refractivity contribution in [3.8, 4) is 0 Å². The van der Waals surface area contributed by atoms with E-state index in [1.165, 1.54) is 18.2 Å². The number of aromatic nitrogens is 2. The first-order chi connectivity index (χ1) is 4.43. The third kappa shape index (κ3) is 2.05. The molecule has 0 aliphatic heterocycles. The summed E-state index contributed by atoms with van der Waals surface area (Å²) in [5.74, 6) is 0.933. The zero-order chi connectivity index (χ0) is 6.53. The fraction of sp³-hybridized carbons (Fsp3) is 0.400. The van der Waals surface area contributed by atoms with E-state index in [9.17, 15) is 0 Å². The van der Waals surface area contributed by atoms with Crippen molar-refractivity contribution in [1.82, 2.24) is 10.2 Å². The topological polar surface area (TPSA) is 38.9 Å². The first-order valence-electron chi connectivity index (χ1n) is 2.61. The van der Waals surface area contributed by atoms with Crippen molar-refractivity contribution < 1.29 is 4.42 Å². The second-order valence-corrected chi connectivity index (χ2v) is 2.45. The Bertz CT molecular complexity index is 152. The Morgan fingerprint density at radius 1 is 1.78 bits per heavy atom. The van der Waals surface area contributed by atoms with Crippen LogP contribution in [0.5, 0.6) is 0 Å². The van der Waals surface area contributed by atoms with E-state index in [4.69, 9.17) is 4.42 Å². The summed E-state index contributed by atoms with van der Waals surface area (Å²) < 4.78 is 4.85. The molecule has 0 amide bonds. The van der Waals surface area contributed by atoms with Crippen molar-refractivity contribution in [3.05, 3.63) is 13.3 Å². The quantitative estimate of drug-likeness (QED) is 0.599. The number of nitrogens with zero attached hydrogens (tertiary/aromatic N) is 2. The maximum absolute atomic E-state index is 4.85. The van der Waals surface area contributed by atoms with Gasteiger partial charge < -0.3 is 4.42 Å². The third-order valence-corrected chi connectivity index (χ3v) is 1.63. The van der Waals surface area contributed by atoms with Crippen molar-refractivity contribution in [1.29, 1.82) is 0 Å². The van der Waals surface area contributed by atoms with Gasteiger partial charge in [0.25, 0.3) is 5.22 Å². The molecule has 0 aliphatic carbocycles. The van der Waals surface area contributed by atoms with Gasteiger partial charge in [-0.05, 0) is 6.42 Å². The highest BCUT2D eigenvalue weighted by Gasteiger charge is 1.95. The smallest absolute Gasteiger partial charge is 0.276 e. The van der Waals surface area contributed by atoms with Crippen molar-refractivity contribution >= 4 is 11.8 Å². The fourth-order valence-electron chi connectivity index (χ4n) is 0.385. The van der Waals surface area contributed by atoms with E-state index in [0.29, 0.717) is 5.22 Å². The van der Waals surface area contributed by atoms with Gasteiger partial charge in [-0.1, -0.05) is 18.7 Å². The van der Waals surface area contributed by atoms with Crippen LogP contribution in [0.25, 0.3) is 0 Å². The van der Waals surface area contributed by atoms with Crippen molar-refractivity contribution in [2.75, 3.05) is 5.75 Å². The van der Waals surface area contributed by atoms with Crippen LogP contribution in [0.2, 0.25) is 0 Å². The van der Waals surface area contributed by atoms with Crippen LogP contribution in [0.4, 0.5) is 0 Å². The Balaban J connectivity index is 2.30. The Morgan fingerprint density at radius 2 is 2.67 bits per heavy atom. The van der Waals surface area contributed by atoms with Crippen LogP contribution in [0.15, 0.2) is 16.0 Å². The summed E-state index contributed by atoms with van der Waals surface area (Å²) >= 11 is 1.52. The van der Waals surface area contributed by atoms with Gasteiger partial charge in [-0.25, -0.2) is 0 Å². The molecule has 0 spiro atoms. The van der Waals surface area contributed by atoms with Crippen molar-refractivity contribution in [2.24, 2.45) is 0 Å². The monoisotopic (exact) mass is 143 g/mol. The number of rotatable bonds is 3. The first kappa shape index (κ1) is 6.61. The standard InChI is InChI=1S/C5H7N2OS/c1-2-3-9-5-7-6-4-8-5/h4H,1-3H2. The van der Waals surface area contributed by atoms with Crippen LogP contribution in [0, 0.1) is 6.92 Å². The highest BCUT2D eigenvalue weighted by Crippen LogP contribution is 2.13. The molecular formula is C5H7N2OS. The number of thioether (sulfide) groups is 1. The predicted molar refractivity (Wildman–Crippen MR) is 35.0 cm³/mol. The molecule has 0 atom stereocenters. The third-order valence-electron chi connectivity index (χ3n) is 0.710. The Kier molecular flexibility index (Phi) is 2.57. The van der Waals surface area contributed by atoms with Crippen molar-refractivity contribution in [3.63, 3.8) is 0 Å². The molecule has 9 heavy (non-hydrogen) atoms. The van der Waals surface area contributed by atoms with Gasteiger partial charge in [-0.15, -0.1) is 10.2 Å². The second-order valence-electron chi connectivity index (χ2n) is 1.41. The zero-order valence-electron chi connectivity index (χ0n) is 4.91. The summed E-state index contributed by atoms with van der Waals surface area (Å²) in [6.45, 7) is 3.67. The molecule has 0 N–H and O–H groups in total. The highest BCUT2D eigenvalue weighted by molar-refractivity contribution is 7.99. The normalized spacial score (nSPS) is 9.89. The molecular weight excluding hydrogens is 136 g/mol. The van der Waals surface area contributed by atoms with E-state index in [1.807, 2.05) is 0 Å².